The minimum Gasteiger partial charge on any atom is -0.352 e. The largest absolute Gasteiger partial charge is 0.352 e. The van der Waals surface area contributed by atoms with Gasteiger partial charge >= 0.3 is 0 Å². The lowest BCUT2D eigenvalue weighted by molar-refractivity contribution is 0.0944. The molecule has 1 fully saturated rings. The van der Waals surface area contributed by atoms with Crippen molar-refractivity contribution in [2.75, 3.05) is 24.5 Å². The summed E-state index contributed by atoms with van der Waals surface area (Å²) in [4.78, 5) is 21.1. The van der Waals surface area contributed by atoms with Crippen LogP contribution >= 0.6 is 11.3 Å². The SMILES string of the molecule is Cc1nc(N2CCC(CNC(=O)c3ccccc3-n3cccn3)CC2)sc1C. The van der Waals surface area contributed by atoms with E-state index in [2.05, 4.69) is 34.1 Å². The van der Waals surface area contributed by atoms with Gasteiger partial charge in [0.15, 0.2) is 5.13 Å². The molecule has 0 bridgehead atoms. The van der Waals surface area contributed by atoms with Crippen molar-refractivity contribution in [2.45, 2.75) is 26.7 Å². The Morgan fingerprint density at radius 2 is 2.00 bits per heavy atom. The van der Waals surface area contributed by atoms with Crippen molar-refractivity contribution in [2.24, 2.45) is 5.92 Å². The number of aryl methyl sites for hydroxylation is 2. The Hall–Kier alpha value is -2.67. The monoisotopic (exact) mass is 395 g/mol. The lowest BCUT2D eigenvalue weighted by atomic mass is 9.97. The molecule has 7 heteroatoms. The predicted octanol–water partition coefficient (Wildman–Crippen LogP) is 3.59. The molecule has 0 aliphatic carbocycles. The molecule has 0 spiro atoms. The Morgan fingerprint density at radius 3 is 2.68 bits per heavy atom. The zero-order valence-electron chi connectivity index (χ0n) is 16.3. The second kappa shape index (κ2) is 8.14. The van der Waals surface area contributed by atoms with Crippen molar-refractivity contribution in [1.82, 2.24) is 20.1 Å². The molecule has 1 N–H and O–H groups in total. The molecule has 0 atom stereocenters. The number of piperidine rings is 1. The van der Waals surface area contributed by atoms with E-state index in [0.29, 0.717) is 18.0 Å². The number of hydrogen-bond donors (Lipinski definition) is 1. The maximum absolute atomic E-state index is 12.8. The molecule has 146 valence electrons. The molecule has 1 aromatic carbocycles. The van der Waals surface area contributed by atoms with Crippen LogP contribution in [0.2, 0.25) is 0 Å². The molecule has 1 amide bonds. The van der Waals surface area contributed by atoms with Crippen LogP contribution in [0.4, 0.5) is 5.13 Å². The van der Waals surface area contributed by atoms with E-state index in [1.807, 2.05) is 36.5 Å². The first-order valence-electron chi connectivity index (χ1n) is 9.68. The number of aromatic nitrogens is 3. The normalized spacial score (nSPS) is 15.0. The van der Waals surface area contributed by atoms with Crippen LogP contribution in [0.5, 0.6) is 0 Å². The third kappa shape index (κ3) is 3.94. The van der Waals surface area contributed by atoms with Crippen LogP contribution < -0.4 is 10.2 Å². The molecule has 1 aliphatic rings. The van der Waals surface area contributed by atoms with Gasteiger partial charge < -0.3 is 10.2 Å². The predicted molar refractivity (Wildman–Crippen MR) is 112 cm³/mol. The zero-order chi connectivity index (χ0) is 19.5. The molecule has 2 aromatic heterocycles. The minimum atomic E-state index is -0.0419. The minimum absolute atomic E-state index is 0.0419. The van der Waals surface area contributed by atoms with Gasteiger partial charge in [-0.1, -0.05) is 12.1 Å². The summed E-state index contributed by atoms with van der Waals surface area (Å²) < 4.78 is 1.73. The highest BCUT2D eigenvalue weighted by Gasteiger charge is 2.22. The van der Waals surface area contributed by atoms with Gasteiger partial charge in [-0.2, -0.15) is 5.10 Å². The Balaban J connectivity index is 1.33. The van der Waals surface area contributed by atoms with Crippen LogP contribution in [-0.2, 0) is 0 Å². The van der Waals surface area contributed by atoms with Gasteiger partial charge in [0.1, 0.15) is 0 Å². The fourth-order valence-electron chi connectivity index (χ4n) is 3.53. The van der Waals surface area contributed by atoms with Crippen LogP contribution in [0.1, 0.15) is 33.8 Å². The Morgan fingerprint density at radius 1 is 1.21 bits per heavy atom. The highest BCUT2D eigenvalue weighted by Crippen LogP contribution is 2.29. The van der Waals surface area contributed by atoms with Crippen molar-refractivity contribution in [1.29, 1.82) is 0 Å². The zero-order valence-corrected chi connectivity index (χ0v) is 17.1. The summed E-state index contributed by atoms with van der Waals surface area (Å²) in [6.45, 7) is 6.89. The average Bonchev–Trinajstić information content (AvgIpc) is 3.37. The van der Waals surface area contributed by atoms with E-state index < -0.39 is 0 Å². The van der Waals surface area contributed by atoms with Crippen molar-refractivity contribution in [3.8, 4) is 5.69 Å². The highest BCUT2D eigenvalue weighted by molar-refractivity contribution is 7.15. The second-order valence-corrected chi connectivity index (χ2v) is 8.43. The molecule has 28 heavy (non-hydrogen) atoms. The van der Waals surface area contributed by atoms with E-state index in [1.165, 1.54) is 4.88 Å². The van der Waals surface area contributed by atoms with E-state index in [9.17, 15) is 4.79 Å². The molecule has 1 saturated heterocycles. The standard InChI is InChI=1S/C21H25N5OS/c1-15-16(2)28-21(24-15)25-12-8-17(9-13-25)14-22-20(27)18-6-3-4-7-19(18)26-11-5-10-23-26/h3-7,10-11,17H,8-9,12-14H2,1-2H3,(H,22,27). The maximum atomic E-state index is 12.8. The Bertz CT molecular complexity index is 922. The summed E-state index contributed by atoms with van der Waals surface area (Å²) in [5.74, 6) is 0.457. The van der Waals surface area contributed by atoms with Crippen LogP contribution in [0.15, 0.2) is 42.7 Å². The number of carbonyl (C=O) groups excluding carboxylic acids is 1. The third-order valence-corrected chi connectivity index (χ3v) is 6.49. The van der Waals surface area contributed by atoms with Gasteiger partial charge in [-0.05, 0) is 50.8 Å². The molecule has 0 radical (unpaired) electrons. The summed E-state index contributed by atoms with van der Waals surface area (Å²) in [6, 6.07) is 9.43. The number of hydrogen-bond acceptors (Lipinski definition) is 5. The van der Waals surface area contributed by atoms with Crippen LogP contribution in [0.3, 0.4) is 0 Å². The topological polar surface area (TPSA) is 63.1 Å². The summed E-state index contributed by atoms with van der Waals surface area (Å²) in [5.41, 5.74) is 2.58. The highest BCUT2D eigenvalue weighted by atomic mass is 32.1. The number of nitrogens with zero attached hydrogens (tertiary/aromatic N) is 4. The average molecular weight is 396 g/mol. The molecule has 3 heterocycles. The first-order chi connectivity index (χ1) is 13.6. The molecule has 4 rings (SSSR count). The smallest absolute Gasteiger partial charge is 0.253 e. The van der Waals surface area contributed by atoms with Gasteiger partial charge in [0.25, 0.3) is 5.91 Å². The van der Waals surface area contributed by atoms with Crippen LogP contribution in [0.25, 0.3) is 5.69 Å². The van der Waals surface area contributed by atoms with Crippen molar-refractivity contribution >= 4 is 22.4 Å². The number of thiazole rings is 1. The second-order valence-electron chi connectivity index (χ2n) is 7.25. The summed E-state index contributed by atoms with van der Waals surface area (Å²) in [6.07, 6.45) is 5.70. The molecule has 0 unspecified atom stereocenters. The van der Waals surface area contributed by atoms with E-state index in [4.69, 9.17) is 0 Å². The third-order valence-electron chi connectivity index (χ3n) is 5.35. The quantitative estimate of drug-likeness (QED) is 0.717. The molecule has 6 nitrogen and oxygen atoms in total. The molecule has 0 saturated carbocycles. The maximum Gasteiger partial charge on any atom is 0.253 e. The van der Waals surface area contributed by atoms with Gasteiger partial charge in [-0.25, -0.2) is 9.67 Å². The van der Waals surface area contributed by atoms with Crippen molar-refractivity contribution in [3.05, 3.63) is 58.9 Å². The molecule has 3 aromatic rings. The number of rotatable bonds is 5. The Labute approximate surface area is 169 Å². The first kappa shape index (κ1) is 18.7. The summed E-state index contributed by atoms with van der Waals surface area (Å²) in [7, 11) is 0. The van der Waals surface area contributed by atoms with Gasteiger partial charge in [0, 0.05) is 36.9 Å². The van der Waals surface area contributed by atoms with E-state index in [1.54, 1.807) is 22.2 Å². The molecular formula is C21H25N5OS. The molecule has 1 aliphatic heterocycles. The summed E-state index contributed by atoms with van der Waals surface area (Å²) in [5, 5.41) is 8.51. The number of carbonyl (C=O) groups is 1. The lowest BCUT2D eigenvalue weighted by Crippen LogP contribution is -2.38. The van der Waals surface area contributed by atoms with Crippen molar-refractivity contribution < 1.29 is 4.79 Å². The number of benzene rings is 1. The van der Waals surface area contributed by atoms with Gasteiger partial charge in [-0.3, -0.25) is 4.79 Å². The number of amides is 1. The van der Waals surface area contributed by atoms with Gasteiger partial charge in [-0.15, -0.1) is 11.3 Å². The van der Waals surface area contributed by atoms with Crippen LogP contribution in [-0.4, -0.2) is 40.3 Å². The van der Waals surface area contributed by atoms with Crippen LogP contribution in [0, 0.1) is 19.8 Å². The van der Waals surface area contributed by atoms with Gasteiger partial charge in [0.05, 0.1) is 16.9 Å². The number of anilines is 1. The van der Waals surface area contributed by atoms with E-state index >= 15 is 0 Å². The van der Waals surface area contributed by atoms with Gasteiger partial charge in [0.2, 0.25) is 0 Å². The fraction of sp³-hybridized carbons (Fsp3) is 0.381. The van der Waals surface area contributed by atoms with E-state index in [0.717, 1.165) is 42.4 Å². The number of para-hydroxylation sites is 1. The first-order valence-corrected chi connectivity index (χ1v) is 10.5. The lowest BCUT2D eigenvalue weighted by Gasteiger charge is -2.31. The van der Waals surface area contributed by atoms with Crippen molar-refractivity contribution in [3.63, 3.8) is 0 Å². The molecular weight excluding hydrogens is 370 g/mol. The fourth-order valence-corrected chi connectivity index (χ4v) is 4.49. The van der Waals surface area contributed by atoms with E-state index in [-0.39, 0.29) is 5.91 Å². The Kier molecular flexibility index (Phi) is 5.43. The summed E-state index contributed by atoms with van der Waals surface area (Å²) >= 11 is 1.77. The number of nitrogens with one attached hydrogen (secondary N) is 1.